The maximum atomic E-state index is 12.8. The summed E-state index contributed by atoms with van der Waals surface area (Å²) in [7, 11) is 0. The third kappa shape index (κ3) is 4.95. The number of aliphatic carboxylic acids is 1. The highest BCUT2D eigenvalue weighted by atomic mass is 35.5. The number of aryl methyl sites for hydroxylation is 1. The molecule has 11 heteroatoms. The van der Waals surface area contributed by atoms with Crippen LogP contribution in [0.1, 0.15) is 17.5 Å². The highest BCUT2D eigenvalue weighted by Gasteiger charge is 2.31. The van der Waals surface area contributed by atoms with Gasteiger partial charge in [-0.2, -0.15) is 13.2 Å². The van der Waals surface area contributed by atoms with E-state index in [1.165, 1.54) is 23.2 Å². The predicted molar refractivity (Wildman–Crippen MR) is 103 cm³/mol. The molecular formula is C19H14ClF3N4O3. The minimum Gasteiger partial charge on any atom is -0.481 e. The number of nitrogens with one attached hydrogen (secondary N) is 1. The predicted octanol–water partition coefficient (Wildman–Crippen LogP) is 4.06. The van der Waals surface area contributed by atoms with Crippen LogP contribution in [0, 0.1) is 0 Å². The van der Waals surface area contributed by atoms with E-state index in [9.17, 15) is 22.8 Å². The Labute approximate surface area is 172 Å². The maximum absolute atomic E-state index is 12.8. The maximum Gasteiger partial charge on any atom is 0.416 e. The molecule has 2 heterocycles. The molecule has 2 aromatic heterocycles. The number of rotatable bonds is 6. The van der Waals surface area contributed by atoms with E-state index in [1.54, 1.807) is 12.1 Å². The minimum atomic E-state index is -4.54. The van der Waals surface area contributed by atoms with Crippen LogP contribution in [0.2, 0.25) is 5.02 Å². The third-order valence-corrected chi connectivity index (χ3v) is 4.39. The number of benzene rings is 1. The van der Waals surface area contributed by atoms with E-state index in [0.29, 0.717) is 12.0 Å². The molecule has 30 heavy (non-hydrogen) atoms. The van der Waals surface area contributed by atoms with Gasteiger partial charge in [0.05, 0.1) is 16.3 Å². The Hall–Kier alpha value is -3.40. The van der Waals surface area contributed by atoms with Gasteiger partial charge < -0.3 is 10.4 Å². The summed E-state index contributed by atoms with van der Waals surface area (Å²) < 4.78 is 39.5. The summed E-state index contributed by atoms with van der Waals surface area (Å²) >= 11 is 5.91. The zero-order valence-electron chi connectivity index (χ0n) is 15.2. The molecule has 156 valence electrons. The van der Waals surface area contributed by atoms with E-state index >= 15 is 0 Å². The molecule has 3 rings (SSSR count). The summed E-state index contributed by atoms with van der Waals surface area (Å²) in [5.41, 5.74) is -0.731. The van der Waals surface area contributed by atoms with Gasteiger partial charge in [-0.15, -0.1) is 0 Å². The van der Waals surface area contributed by atoms with Crippen molar-refractivity contribution >= 4 is 29.1 Å². The summed E-state index contributed by atoms with van der Waals surface area (Å²) in [6, 6.07) is 5.90. The number of halogens is 4. The topological polar surface area (TPSA) is 97.1 Å². The normalized spacial score (nSPS) is 11.3. The highest BCUT2D eigenvalue weighted by Crippen LogP contribution is 2.34. The van der Waals surface area contributed by atoms with Gasteiger partial charge in [0.2, 0.25) is 0 Å². The van der Waals surface area contributed by atoms with Crippen LogP contribution in [-0.2, 0) is 17.4 Å². The first-order valence-electron chi connectivity index (χ1n) is 8.53. The average molecular weight is 439 g/mol. The molecule has 0 aliphatic carbocycles. The Morgan fingerprint density at radius 1 is 1.20 bits per heavy atom. The van der Waals surface area contributed by atoms with Gasteiger partial charge in [0.1, 0.15) is 5.82 Å². The summed E-state index contributed by atoms with van der Waals surface area (Å²) in [5, 5.41) is 11.1. The van der Waals surface area contributed by atoms with Gasteiger partial charge in [-0.3, -0.25) is 14.2 Å². The first kappa shape index (κ1) is 21.3. The number of carboxylic acid groups (broad SMARTS) is 1. The van der Waals surface area contributed by atoms with Crippen LogP contribution >= 0.6 is 11.6 Å². The lowest BCUT2D eigenvalue weighted by Gasteiger charge is -2.12. The van der Waals surface area contributed by atoms with E-state index in [1.807, 2.05) is 0 Å². The molecule has 0 radical (unpaired) electrons. The fraction of sp³-hybridized carbons (Fsp3) is 0.158. The number of hydrogen-bond donors (Lipinski definition) is 2. The standard InChI is InChI=1S/C19H14ClF3N4O3/c20-13-9-12(19(21,22)23)3-4-14(13)26-17-18(30)27(8-7-24-17)15-5-1-11(10-25-15)2-6-16(28)29/h1,3-5,7-10H,2,6H2,(H,24,26)(H,28,29). The molecule has 0 aliphatic heterocycles. The highest BCUT2D eigenvalue weighted by molar-refractivity contribution is 6.33. The quantitative estimate of drug-likeness (QED) is 0.602. The van der Waals surface area contributed by atoms with Crippen LogP contribution in [0.25, 0.3) is 5.82 Å². The van der Waals surface area contributed by atoms with Gasteiger partial charge in [0.15, 0.2) is 5.82 Å². The second-order valence-electron chi connectivity index (χ2n) is 6.19. The Kier molecular flexibility index (Phi) is 6.06. The molecular weight excluding hydrogens is 425 g/mol. The van der Waals surface area contributed by atoms with Crippen LogP contribution < -0.4 is 10.9 Å². The van der Waals surface area contributed by atoms with Crippen molar-refractivity contribution < 1.29 is 23.1 Å². The monoisotopic (exact) mass is 438 g/mol. The van der Waals surface area contributed by atoms with Crippen molar-refractivity contribution in [2.45, 2.75) is 19.0 Å². The van der Waals surface area contributed by atoms with E-state index < -0.39 is 23.3 Å². The molecule has 7 nitrogen and oxygen atoms in total. The van der Waals surface area contributed by atoms with Gasteiger partial charge in [0.25, 0.3) is 5.56 Å². The lowest BCUT2D eigenvalue weighted by Crippen LogP contribution is -2.22. The summed E-state index contributed by atoms with van der Waals surface area (Å²) in [5.74, 6) is -0.818. The van der Waals surface area contributed by atoms with Gasteiger partial charge in [-0.05, 0) is 36.2 Å². The first-order chi connectivity index (χ1) is 14.1. The molecule has 0 bridgehead atoms. The lowest BCUT2D eigenvalue weighted by atomic mass is 10.1. The van der Waals surface area contributed by atoms with Crippen molar-refractivity contribution in [2.75, 3.05) is 5.32 Å². The number of hydrogen-bond acceptors (Lipinski definition) is 5. The van der Waals surface area contributed by atoms with E-state index in [-0.39, 0.29) is 28.8 Å². The molecule has 0 fully saturated rings. The SMILES string of the molecule is O=C(O)CCc1ccc(-n2ccnc(Nc3ccc(C(F)(F)F)cc3Cl)c2=O)nc1. The molecule has 1 aromatic carbocycles. The fourth-order valence-corrected chi connectivity index (χ4v) is 2.78. The first-order valence-corrected chi connectivity index (χ1v) is 8.91. The number of pyridine rings is 1. The van der Waals surface area contributed by atoms with Crippen molar-refractivity contribution in [2.24, 2.45) is 0 Å². The summed E-state index contributed by atoms with van der Waals surface area (Å²) in [6.07, 6.45) is -0.124. The second-order valence-corrected chi connectivity index (χ2v) is 6.59. The average Bonchev–Trinajstić information content (AvgIpc) is 2.69. The summed E-state index contributed by atoms with van der Waals surface area (Å²) in [6.45, 7) is 0. The molecule has 0 atom stereocenters. The van der Waals surface area contributed by atoms with E-state index in [2.05, 4.69) is 15.3 Å². The Bertz CT molecular complexity index is 1130. The van der Waals surface area contributed by atoms with E-state index in [0.717, 1.165) is 18.2 Å². The zero-order valence-corrected chi connectivity index (χ0v) is 15.9. The fourth-order valence-electron chi connectivity index (χ4n) is 2.56. The smallest absolute Gasteiger partial charge is 0.416 e. The van der Waals surface area contributed by atoms with Gasteiger partial charge in [-0.25, -0.2) is 9.97 Å². The second kappa shape index (κ2) is 8.54. The van der Waals surface area contributed by atoms with Crippen LogP contribution in [0.3, 0.4) is 0 Å². The molecule has 0 unspecified atom stereocenters. The van der Waals surface area contributed by atoms with Crippen LogP contribution in [0.5, 0.6) is 0 Å². The van der Waals surface area contributed by atoms with Crippen LogP contribution in [-0.4, -0.2) is 25.6 Å². The Morgan fingerprint density at radius 3 is 2.57 bits per heavy atom. The number of anilines is 2. The molecule has 0 aliphatic rings. The lowest BCUT2D eigenvalue weighted by molar-refractivity contribution is -0.138. The number of alkyl halides is 3. The molecule has 0 spiro atoms. The van der Waals surface area contributed by atoms with Crippen molar-refractivity contribution in [3.63, 3.8) is 0 Å². The Morgan fingerprint density at radius 2 is 1.97 bits per heavy atom. The Balaban J connectivity index is 1.85. The van der Waals surface area contributed by atoms with Gasteiger partial charge in [-0.1, -0.05) is 17.7 Å². The van der Waals surface area contributed by atoms with Gasteiger partial charge in [0, 0.05) is 25.0 Å². The van der Waals surface area contributed by atoms with E-state index in [4.69, 9.17) is 16.7 Å². The molecule has 0 amide bonds. The van der Waals surface area contributed by atoms with Crippen molar-refractivity contribution in [3.8, 4) is 5.82 Å². The largest absolute Gasteiger partial charge is 0.481 e. The zero-order chi connectivity index (χ0) is 21.9. The number of carbonyl (C=O) groups is 1. The van der Waals surface area contributed by atoms with Crippen molar-refractivity contribution in [1.29, 1.82) is 0 Å². The molecule has 2 N–H and O–H groups in total. The number of nitrogens with zero attached hydrogens (tertiary/aromatic N) is 3. The van der Waals surface area contributed by atoms with Crippen LogP contribution in [0.4, 0.5) is 24.7 Å². The molecule has 0 saturated carbocycles. The number of aromatic nitrogens is 3. The van der Waals surface area contributed by atoms with Crippen molar-refractivity contribution in [1.82, 2.24) is 14.5 Å². The molecule has 3 aromatic rings. The van der Waals surface area contributed by atoms with Crippen molar-refractivity contribution in [3.05, 3.63) is 75.4 Å². The molecule has 0 saturated heterocycles. The van der Waals surface area contributed by atoms with Crippen LogP contribution in [0.15, 0.2) is 53.7 Å². The minimum absolute atomic E-state index is 0.0435. The summed E-state index contributed by atoms with van der Waals surface area (Å²) in [4.78, 5) is 31.4. The van der Waals surface area contributed by atoms with Gasteiger partial charge >= 0.3 is 12.1 Å². The third-order valence-electron chi connectivity index (χ3n) is 4.07. The number of carboxylic acids is 1.